The van der Waals surface area contributed by atoms with Crippen molar-refractivity contribution in [2.24, 2.45) is 0 Å². The van der Waals surface area contributed by atoms with E-state index in [2.05, 4.69) is 25.8 Å². The largest absolute Gasteiger partial charge is 0.494 e. The second-order valence-electron chi connectivity index (χ2n) is 4.49. The fourth-order valence-corrected chi connectivity index (χ4v) is 2.25. The third kappa shape index (κ3) is 2.23. The van der Waals surface area contributed by atoms with Gasteiger partial charge in [-0.1, -0.05) is 0 Å². The average Bonchev–Trinajstić information content (AvgIpc) is 2.92. The highest BCUT2D eigenvalue weighted by atomic mass is 16.5. The molecule has 0 aromatic carbocycles. The fourth-order valence-electron chi connectivity index (χ4n) is 2.25. The van der Waals surface area contributed by atoms with E-state index in [-0.39, 0.29) is 5.91 Å². The quantitative estimate of drug-likeness (QED) is 0.766. The zero-order valence-corrected chi connectivity index (χ0v) is 11.1. The molecule has 7 heteroatoms. The average molecular weight is 273 g/mol. The van der Waals surface area contributed by atoms with Crippen LogP contribution in [0.1, 0.15) is 21.7 Å². The van der Waals surface area contributed by atoms with Gasteiger partial charge in [0.2, 0.25) is 0 Å². The van der Waals surface area contributed by atoms with Gasteiger partial charge in [0, 0.05) is 43.0 Å². The number of carbonyl (C=O) groups excluding carboxylic acids is 1. The van der Waals surface area contributed by atoms with Gasteiger partial charge in [0.05, 0.1) is 13.3 Å². The van der Waals surface area contributed by atoms with E-state index in [4.69, 9.17) is 4.74 Å². The molecular weight excluding hydrogens is 258 g/mol. The van der Waals surface area contributed by atoms with Crippen molar-refractivity contribution in [2.75, 3.05) is 19.0 Å². The molecule has 0 bridgehead atoms. The maximum atomic E-state index is 12.3. The third-order valence-corrected chi connectivity index (χ3v) is 3.27. The number of carbonyl (C=O) groups is 1. The lowest BCUT2D eigenvalue weighted by molar-refractivity contribution is 0.102. The molecule has 1 aliphatic heterocycles. The monoisotopic (exact) mass is 273 g/mol. The van der Waals surface area contributed by atoms with Crippen molar-refractivity contribution in [1.29, 1.82) is 0 Å². The molecule has 1 amide bonds. The Balaban J connectivity index is 1.85. The van der Waals surface area contributed by atoms with E-state index in [1.54, 1.807) is 25.6 Å². The number of H-pyrrole nitrogens is 1. The van der Waals surface area contributed by atoms with E-state index in [9.17, 15) is 4.79 Å². The van der Waals surface area contributed by atoms with Gasteiger partial charge < -0.3 is 15.4 Å². The fraction of sp³-hybridized carbons (Fsp3) is 0.308. The van der Waals surface area contributed by atoms with Crippen LogP contribution in [0.3, 0.4) is 0 Å². The first-order valence-electron chi connectivity index (χ1n) is 6.36. The van der Waals surface area contributed by atoms with Crippen LogP contribution in [0.15, 0.2) is 18.5 Å². The molecule has 0 aliphatic carbocycles. The first-order chi connectivity index (χ1) is 9.79. The summed E-state index contributed by atoms with van der Waals surface area (Å²) in [6, 6.07) is 1.69. The highest BCUT2D eigenvalue weighted by molar-refractivity contribution is 6.04. The smallest absolute Gasteiger partial charge is 0.276 e. The van der Waals surface area contributed by atoms with Gasteiger partial charge in [-0.2, -0.15) is 5.10 Å². The van der Waals surface area contributed by atoms with Crippen molar-refractivity contribution < 1.29 is 9.53 Å². The highest BCUT2D eigenvalue weighted by Gasteiger charge is 2.22. The van der Waals surface area contributed by atoms with Crippen LogP contribution in [0.25, 0.3) is 0 Å². The second-order valence-corrected chi connectivity index (χ2v) is 4.49. The van der Waals surface area contributed by atoms with Crippen molar-refractivity contribution in [3.05, 3.63) is 35.4 Å². The van der Waals surface area contributed by atoms with Crippen molar-refractivity contribution in [3.8, 4) is 5.75 Å². The van der Waals surface area contributed by atoms with Gasteiger partial charge >= 0.3 is 0 Å². The zero-order chi connectivity index (χ0) is 13.9. The lowest BCUT2D eigenvalue weighted by Crippen LogP contribution is -2.25. The number of hydrogen-bond acceptors (Lipinski definition) is 5. The summed E-state index contributed by atoms with van der Waals surface area (Å²) in [5, 5.41) is 13.0. The molecule has 0 radical (unpaired) electrons. The van der Waals surface area contributed by atoms with Crippen LogP contribution in [0.2, 0.25) is 0 Å². The van der Waals surface area contributed by atoms with Crippen molar-refractivity contribution in [3.63, 3.8) is 0 Å². The zero-order valence-electron chi connectivity index (χ0n) is 11.1. The number of pyridine rings is 1. The molecule has 0 saturated heterocycles. The van der Waals surface area contributed by atoms with E-state index >= 15 is 0 Å². The molecule has 2 aromatic rings. The number of nitrogens with zero attached hydrogens (tertiary/aromatic N) is 2. The van der Waals surface area contributed by atoms with Crippen LogP contribution in [0.4, 0.5) is 5.69 Å². The van der Waals surface area contributed by atoms with Crippen LogP contribution < -0.4 is 15.4 Å². The lowest BCUT2D eigenvalue weighted by Gasteiger charge is -2.13. The Hall–Kier alpha value is -2.41. The van der Waals surface area contributed by atoms with Crippen molar-refractivity contribution >= 4 is 11.6 Å². The molecule has 3 rings (SSSR count). The first-order valence-corrected chi connectivity index (χ1v) is 6.36. The maximum Gasteiger partial charge on any atom is 0.276 e. The standard InChI is InChI=1S/C13H15N5O2/c1-20-11-3-5-15-7-10(11)16-13(19)12-8-6-14-4-2-9(8)17-18-12/h3,5,7,14H,2,4,6H2,1H3,(H,16,19)(H,17,18). The summed E-state index contributed by atoms with van der Waals surface area (Å²) in [4.78, 5) is 16.3. The second kappa shape index (κ2) is 5.30. The van der Waals surface area contributed by atoms with E-state index in [1.807, 2.05) is 0 Å². The first kappa shape index (κ1) is 12.6. The third-order valence-electron chi connectivity index (χ3n) is 3.27. The number of methoxy groups -OCH3 is 1. The predicted octanol–water partition coefficient (Wildman–Crippen LogP) is 0.711. The molecule has 0 fully saturated rings. The van der Waals surface area contributed by atoms with Crippen LogP contribution in [-0.2, 0) is 13.0 Å². The Morgan fingerprint density at radius 3 is 3.25 bits per heavy atom. The number of aromatic nitrogens is 3. The summed E-state index contributed by atoms with van der Waals surface area (Å²) in [7, 11) is 1.55. The van der Waals surface area contributed by atoms with Crippen molar-refractivity contribution in [1.82, 2.24) is 20.5 Å². The molecule has 2 aromatic heterocycles. The number of amides is 1. The Morgan fingerprint density at radius 1 is 1.50 bits per heavy atom. The summed E-state index contributed by atoms with van der Waals surface area (Å²) >= 11 is 0. The topological polar surface area (TPSA) is 91.9 Å². The molecule has 0 saturated carbocycles. The number of hydrogen-bond donors (Lipinski definition) is 3. The Bertz CT molecular complexity index is 637. The van der Waals surface area contributed by atoms with Gasteiger partial charge in [0.15, 0.2) is 5.69 Å². The van der Waals surface area contributed by atoms with Crippen LogP contribution in [0.5, 0.6) is 5.75 Å². The van der Waals surface area contributed by atoms with Crippen molar-refractivity contribution in [2.45, 2.75) is 13.0 Å². The molecule has 3 N–H and O–H groups in total. The Morgan fingerprint density at radius 2 is 2.40 bits per heavy atom. The van der Waals surface area contributed by atoms with Gasteiger partial charge in [-0.25, -0.2) is 0 Å². The van der Waals surface area contributed by atoms with Gasteiger partial charge in [0.1, 0.15) is 11.4 Å². The molecule has 104 valence electrons. The number of nitrogens with one attached hydrogen (secondary N) is 3. The van der Waals surface area contributed by atoms with E-state index < -0.39 is 0 Å². The minimum atomic E-state index is -0.266. The molecule has 0 spiro atoms. The molecule has 3 heterocycles. The van der Waals surface area contributed by atoms with E-state index in [1.165, 1.54) is 0 Å². The van der Waals surface area contributed by atoms with Gasteiger partial charge in [-0.15, -0.1) is 0 Å². The highest BCUT2D eigenvalue weighted by Crippen LogP contribution is 2.23. The summed E-state index contributed by atoms with van der Waals surface area (Å²) in [6.45, 7) is 1.55. The Labute approximate surface area is 115 Å². The SMILES string of the molecule is COc1ccncc1NC(=O)c1n[nH]c2c1CNCC2. The number of rotatable bonds is 3. The number of ether oxygens (including phenoxy) is 1. The molecule has 1 aliphatic rings. The number of anilines is 1. The van der Waals surface area contributed by atoms with Crippen LogP contribution >= 0.6 is 0 Å². The number of fused-ring (bicyclic) bond motifs is 1. The van der Waals surface area contributed by atoms with E-state index in [0.717, 1.165) is 24.2 Å². The summed E-state index contributed by atoms with van der Waals surface area (Å²) in [5.41, 5.74) is 2.89. The normalized spacial score (nSPS) is 13.7. The Kier molecular flexibility index (Phi) is 3.34. The maximum absolute atomic E-state index is 12.3. The van der Waals surface area contributed by atoms with Gasteiger partial charge in [-0.3, -0.25) is 14.9 Å². The molecule has 0 atom stereocenters. The van der Waals surface area contributed by atoms with E-state index in [0.29, 0.717) is 23.7 Å². The minimum absolute atomic E-state index is 0.266. The predicted molar refractivity (Wildman–Crippen MR) is 72.7 cm³/mol. The summed E-state index contributed by atoms with van der Waals surface area (Å²) < 4.78 is 5.18. The molecule has 0 unspecified atom stereocenters. The summed E-state index contributed by atoms with van der Waals surface area (Å²) in [6.07, 6.45) is 4.01. The van der Waals surface area contributed by atoms with Gasteiger partial charge in [-0.05, 0) is 0 Å². The molecule has 7 nitrogen and oxygen atoms in total. The molecule has 20 heavy (non-hydrogen) atoms. The molecular formula is C13H15N5O2. The summed E-state index contributed by atoms with van der Waals surface area (Å²) in [5.74, 6) is 0.299. The van der Waals surface area contributed by atoms with Gasteiger partial charge in [0.25, 0.3) is 5.91 Å². The number of aromatic amines is 1. The van der Waals surface area contributed by atoms with Crippen LogP contribution in [0, 0.1) is 0 Å². The van der Waals surface area contributed by atoms with Crippen LogP contribution in [-0.4, -0.2) is 34.7 Å². The minimum Gasteiger partial charge on any atom is -0.494 e. The lowest BCUT2D eigenvalue weighted by atomic mass is 10.1.